The van der Waals surface area contributed by atoms with E-state index < -0.39 is 23.2 Å². The van der Waals surface area contributed by atoms with Crippen LogP contribution in [0.2, 0.25) is 0 Å². The molecule has 0 radical (unpaired) electrons. The van der Waals surface area contributed by atoms with Gasteiger partial charge in [0.15, 0.2) is 0 Å². The summed E-state index contributed by atoms with van der Waals surface area (Å²) in [4.78, 5) is 11.6. The first-order valence-corrected chi connectivity index (χ1v) is 6.92. The molecule has 1 aliphatic carbocycles. The Balaban J connectivity index is 2.35. The standard InChI is InChI=1S/C15H18F3NO2/c1-14(13(20)21,19-12-7-2-3-8-12)10-5-4-6-11(9-10)15(16,17)18/h4-6,9,12,19H,2-3,7-8H2,1H3,(H,20,21). The molecule has 0 spiro atoms. The first kappa shape index (κ1) is 15.8. The van der Waals surface area contributed by atoms with Gasteiger partial charge in [0.1, 0.15) is 5.54 Å². The van der Waals surface area contributed by atoms with E-state index >= 15 is 0 Å². The number of nitrogens with one attached hydrogen (secondary N) is 1. The van der Waals surface area contributed by atoms with Gasteiger partial charge in [0.2, 0.25) is 0 Å². The molecule has 2 N–H and O–H groups in total. The molecule has 1 aromatic carbocycles. The summed E-state index contributed by atoms with van der Waals surface area (Å²) in [6.45, 7) is 1.42. The molecule has 6 heteroatoms. The summed E-state index contributed by atoms with van der Waals surface area (Å²) < 4.78 is 38.4. The number of carbonyl (C=O) groups is 1. The predicted octanol–water partition coefficient (Wildman–Crippen LogP) is 3.54. The molecule has 3 nitrogen and oxygen atoms in total. The Morgan fingerprint density at radius 1 is 1.24 bits per heavy atom. The maximum atomic E-state index is 12.8. The molecule has 0 aliphatic heterocycles. The highest BCUT2D eigenvalue weighted by molar-refractivity contribution is 5.80. The van der Waals surface area contributed by atoms with Gasteiger partial charge in [0.05, 0.1) is 5.56 Å². The van der Waals surface area contributed by atoms with Crippen LogP contribution in [0.1, 0.15) is 43.7 Å². The van der Waals surface area contributed by atoms with E-state index in [-0.39, 0.29) is 11.6 Å². The molecule has 1 atom stereocenters. The summed E-state index contributed by atoms with van der Waals surface area (Å²) in [5.41, 5.74) is -2.23. The fourth-order valence-corrected chi connectivity index (χ4v) is 2.75. The molecule has 1 unspecified atom stereocenters. The Labute approximate surface area is 121 Å². The quantitative estimate of drug-likeness (QED) is 0.894. The molecule has 0 heterocycles. The van der Waals surface area contributed by atoms with Crippen molar-refractivity contribution in [2.75, 3.05) is 0 Å². The van der Waals surface area contributed by atoms with Crippen LogP contribution in [0, 0.1) is 0 Å². The number of carboxylic acids is 1. The first-order valence-electron chi connectivity index (χ1n) is 6.92. The van der Waals surface area contributed by atoms with Gasteiger partial charge >= 0.3 is 12.1 Å². The van der Waals surface area contributed by atoms with Crippen LogP contribution in [0.5, 0.6) is 0 Å². The lowest BCUT2D eigenvalue weighted by atomic mass is 9.89. The molecule has 0 saturated heterocycles. The van der Waals surface area contributed by atoms with Crippen molar-refractivity contribution in [3.8, 4) is 0 Å². The van der Waals surface area contributed by atoms with Crippen LogP contribution in [0.15, 0.2) is 24.3 Å². The van der Waals surface area contributed by atoms with Gasteiger partial charge < -0.3 is 5.11 Å². The molecule has 21 heavy (non-hydrogen) atoms. The molecule has 116 valence electrons. The molecule has 1 aromatic rings. The highest BCUT2D eigenvalue weighted by Gasteiger charge is 2.39. The lowest BCUT2D eigenvalue weighted by Gasteiger charge is -2.31. The van der Waals surface area contributed by atoms with Crippen LogP contribution < -0.4 is 5.32 Å². The normalized spacial score (nSPS) is 19.4. The van der Waals surface area contributed by atoms with Gasteiger partial charge in [-0.2, -0.15) is 13.2 Å². The molecule has 0 aromatic heterocycles. The summed E-state index contributed by atoms with van der Waals surface area (Å²) in [5.74, 6) is -1.17. The second kappa shape index (κ2) is 5.67. The highest BCUT2D eigenvalue weighted by atomic mass is 19.4. The number of halogens is 3. The second-order valence-electron chi connectivity index (χ2n) is 5.63. The number of aliphatic carboxylic acids is 1. The maximum absolute atomic E-state index is 12.8. The minimum Gasteiger partial charge on any atom is -0.480 e. The molecule has 1 fully saturated rings. The van der Waals surface area contributed by atoms with Crippen molar-refractivity contribution in [2.45, 2.75) is 50.4 Å². The van der Waals surface area contributed by atoms with Crippen LogP contribution in [0.3, 0.4) is 0 Å². The Kier molecular flexibility index (Phi) is 4.27. The van der Waals surface area contributed by atoms with Crippen LogP contribution in [-0.4, -0.2) is 17.1 Å². The summed E-state index contributed by atoms with van der Waals surface area (Å²) >= 11 is 0. The number of benzene rings is 1. The van der Waals surface area contributed by atoms with Gasteiger partial charge in [-0.3, -0.25) is 5.32 Å². The van der Waals surface area contributed by atoms with Gasteiger partial charge in [-0.1, -0.05) is 25.0 Å². The summed E-state index contributed by atoms with van der Waals surface area (Å²) in [6.07, 6.45) is -0.766. The van der Waals surface area contributed by atoms with Gasteiger partial charge in [0.25, 0.3) is 0 Å². The fraction of sp³-hybridized carbons (Fsp3) is 0.533. The minimum atomic E-state index is -4.48. The average Bonchev–Trinajstić information content (AvgIpc) is 2.90. The van der Waals surface area contributed by atoms with E-state index in [0.29, 0.717) is 0 Å². The maximum Gasteiger partial charge on any atom is 0.416 e. The monoisotopic (exact) mass is 301 g/mol. The molecular formula is C15H18F3NO2. The van der Waals surface area contributed by atoms with Gasteiger partial charge in [-0.05, 0) is 37.5 Å². The number of carboxylic acid groups (broad SMARTS) is 1. The lowest BCUT2D eigenvalue weighted by molar-refractivity contribution is -0.145. The van der Waals surface area contributed by atoms with E-state index in [0.717, 1.165) is 37.8 Å². The Bertz CT molecular complexity index is 524. The summed E-state index contributed by atoms with van der Waals surface area (Å²) in [5, 5.41) is 12.5. The third kappa shape index (κ3) is 3.37. The lowest BCUT2D eigenvalue weighted by Crippen LogP contribution is -2.50. The first-order chi connectivity index (χ1) is 9.73. The third-order valence-corrected chi connectivity index (χ3v) is 4.04. The average molecular weight is 301 g/mol. The SMILES string of the molecule is CC(NC1CCCC1)(C(=O)O)c1cccc(C(F)(F)F)c1. The van der Waals surface area contributed by atoms with Crippen molar-refractivity contribution in [2.24, 2.45) is 0 Å². The second-order valence-corrected chi connectivity index (χ2v) is 5.63. The molecule has 0 amide bonds. The molecular weight excluding hydrogens is 283 g/mol. The van der Waals surface area contributed by atoms with Crippen molar-refractivity contribution in [1.29, 1.82) is 0 Å². The smallest absolute Gasteiger partial charge is 0.416 e. The predicted molar refractivity (Wildman–Crippen MR) is 71.8 cm³/mol. The largest absolute Gasteiger partial charge is 0.480 e. The summed E-state index contributed by atoms with van der Waals surface area (Å²) in [7, 11) is 0. The number of rotatable bonds is 4. The minimum absolute atomic E-state index is 0.0284. The number of hydrogen-bond donors (Lipinski definition) is 2. The third-order valence-electron chi connectivity index (χ3n) is 4.04. The van der Waals surface area contributed by atoms with Crippen molar-refractivity contribution >= 4 is 5.97 Å². The zero-order chi connectivity index (χ0) is 15.7. The van der Waals surface area contributed by atoms with Crippen LogP contribution in [0.4, 0.5) is 13.2 Å². The van der Waals surface area contributed by atoms with E-state index in [1.165, 1.54) is 19.1 Å². The van der Waals surface area contributed by atoms with Gasteiger partial charge in [0, 0.05) is 6.04 Å². The molecule has 1 saturated carbocycles. The topological polar surface area (TPSA) is 49.3 Å². The molecule has 0 bridgehead atoms. The molecule has 1 aliphatic rings. The van der Waals surface area contributed by atoms with Crippen molar-refractivity contribution < 1.29 is 23.1 Å². The van der Waals surface area contributed by atoms with Gasteiger partial charge in [-0.25, -0.2) is 4.79 Å². The van der Waals surface area contributed by atoms with Crippen LogP contribution in [-0.2, 0) is 16.5 Å². The zero-order valence-electron chi connectivity index (χ0n) is 11.7. The van der Waals surface area contributed by atoms with E-state index in [4.69, 9.17) is 0 Å². The molecule has 2 rings (SSSR count). The van der Waals surface area contributed by atoms with Gasteiger partial charge in [-0.15, -0.1) is 0 Å². The van der Waals surface area contributed by atoms with Crippen molar-refractivity contribution in [3.05, 3.63) is 35.4 Å². The van der Waals surface area contributed by atoms with Crippen molar-refractivity contribution in [3.63, 3.8) is 0 Å². The van der Waals surface area contributed by atoms with Crippen LogP contribution in [0.25, 0.3) is 0 Å². The van der Waals surface area contributed by atoms with E-state index in [9.17, 15) is 23.1 Å². The fourth-order valence-electron chi connectivity index (χ4n) is 2.75. The summed E-state index contributed by atoms with van der Waals surface area (Å²) in [6, 6.07) is 4.55. The number of hydrogen-bond acceptors (Lipinski definition) is 2. The number of alkyl halides is 3. The Morgan fingerprint density at radius 2 is 1.81 bits per heavy atom. The van der Waals surface area contributed by atoms with E-state index in [1.807, 2.05) is 0 Å². The van der Waals surface area contributed by atoms with E-state index in [2.05, 4.69) is 5.32 Å². The van der Waals surface area contributed by atoms with Crippen LogP contribution >= 0.6 is 0 Å². The highest BCUT2D eigenvalue weighted by Crippen LogP contribution is 2.33. The zero-order valence-corrected chi connectivity index (χ0v) is 11.7. The Hall–Kier alpha value is -1.56. The van der Waals surface area contributed by atoms with Crippen molar-refractivity contribution in [1.82, 2.24) is 5.32 Å². The van der Waals surface area contributed by atoms with E-state index in [1.54, 1.807) is 0 Å². The Morgan fingerprint density at radius 3 is 2.33 bits per heavy atom.